The van der Waals surface area contributed by atoms with Crippen LogP contribution >= 0.6 is 11.8 Å². The molecule has 5 heteroatoms. The van der Waals surface area contributed by atoms with Crippen molar-refractivity contribution in [2.45, 2.75) is 38.6 Å². The first-order valence-corrected chi connectivity index (χ1v) is 10.4. The summed E-state index contributed by atoms with van der Waals surface area (Å²) >= 11 is 1.57. The summed E-state index contributed by atoms with van der Waals surface area (Å²) in [7, 11) is 0. The first-order valence-electron chi connectivity index (χ1n) is 9.19. The molecule has 0 spiro atoms. The van der Waals surface area contributed by atoms with E-state index in [-0.39, 0.29) is 17.8 Å². The van der Waals surface area contributed by atoms with Crippen LogP contribution in [0.25, 0.3) is 0 Å². The summed E-state index contributed by atoms with van der Waals surface area (Å²) < 4.78 is 5.44. The monoisotopic (exact) mass is 371 g/mol. The fourth-order valence-electron chi connectivity index (χ4n) is 3.47. The van der Waals surface area contributed by atoms with Crippen molar-refractivity contribution in [1.29, 1.82) is 0 Å². The van der Waals surface area contributed by atoms with Crippen LogP contribution in [0.3, 0.4) is 0 Å². The quantitative estimate of drug-likeness (QED) is 0.389. The molecule has 3 rings (SSSR count). The van der Waals surface area contributed by atoms with Crippen LogP contribution in [0.5, 0.6) is 0 Å². The van der Waals surface area contributed by atoms with E-state index >= 15 is 0 Å². The van der Waals surface area contributed by atoms with Crippen LogP contribution in [-0.2, 0) is 9.53 Å². The van der Waals surface area contributed by atoms with Crippen LogP contribution in [0.15, 0.2) is 52.6 Å². The van der Waals surface area contributed by atoms with Gasteiger partial charge in [0.2, 0.25) is 0 Å². The van der Waals surface area contributed by atoms with Gasteiger partial charge in [-0.05, 0) is 25.2 Å². The van der Waals surface area contributed by atoms with Crippen LogP contribution in [0, 0.1) is 0 Å². The maximum absolute atomic E-state index is 13.0. The smallest absolute Gasteiger partial charge is 0.336 e. The van der Waals surface area contributed by atoms with E-state index in [9.17, 15) is 9.59 Å². The van der Waals surface area contributed by atoms with Gasteiger partial charge >= 0.3 is 5.97 Å². The fourth-order valence-corrected chi connectivity index (χ4v) is 4.16. The van der Waals surface area contributed by atoms with E-state index in [0.717, 1.165) is 29.9 Å². The van der Waals surface area contributed by atoms with Crippen molar-refractivity contribution < 1.29 is 14.3 Å². The number of carbonyl (C=O) groups is 2. The van der Waals surface area contributed by atoms with Crippen molar-refractivity contribution >= 4 is 23.5 Å². The molecule has 26 heavy (non-hydrogen) atoms. The third kappa shape index (κ3) is 3.73. The van der Waals surface area contributed by atoms with Gasteiger partial charge in [0.05, 0.1) is 12.2 Å². The van der Waals surface area contributed by atoms with Gasteiger partial charge in [-0.1, -0.05) is 50.1 Å². The first-order chi connectivity index (χ1) is 12.7. The summed E-state index contributed by atoms with van der Waals surface area (Å²) in [6.07, 6.45) is 7.67. The molecule has 0 aromatic heterocycles. The van der Waals surface area contributed by atoms with E-state index in [1.165, 1.54) is 0 Å². The minimum atomic E-state index is -0.326. The molecule has 138 valence electrons. The zero-order valence-electron chi connectivity index (χ0n) is 15.4. The number of ketones is 1. The Bertz CT molecular complexity index is 739. The van der Waals surface area contributed by atoms with Crippen LogP contribution in [0.1, 0.15) is 43.0 Å². The molecule has 0 radical (unpaired) electrons. The van der Waals surface area contributed by atoms with Crippen LogP contribution in [0.4, 0.5) is 0 Å². The van der Waals surface area contributed by atoms with E-state index in [1.807, 2.05) is 42.7 Å². The lowest BCUT2D eigenvalue weighted by molar-refractivity contribution is -0.139. The summed E-state index contributed by atoms with van der Waals surface area (Å²) in [5, 5.41) is 0. The number of thioether (sulfide) groups is 1. The van der Waals surface area contributed by atoms with Gasteiger partial charge in [-0.25, -0.2) is 4.79 Å². The average Bonchev–Trinajstić information content (AvgIpc) is 3.23. The zero-order chi connectivity index (χ0) is 18.5. The van der Waals surface area contributed by atoms with Gasteiger partial charge in [0.25, 0.3) is 0 Å². The number of esters is 1. The molecule has 2 heterocycles. The minimum Gasteiger partial charge on any atom is -0.462 e. The molecule has 2 aliphatic heterocycles. The number of carbonyl (C=O) groups excluding carboxylic acids is 2. The summed E-state index contributed by atoms with van der Waals surface area (Å²) in [6.45, 7) is 3.27. The highest BCUT2D eigenvalue weighted by Gasteiger charge is 2.41. The summed E-state index contributed by atoms with van der Waals surface area (Å²) in [6, 6.07) is 9.04. The Morgan fingerprint density at radius 1 is 1.23 bits per heavy atom. The highest BCUT2D eigenvalue weighted by Crippen LogP contribution is 2.40. The molecule has 0 aliphatic carbocycles. The second-order valence-corrected chi connectivity index (χ2v) is 7.41. The Labute approximate surface area is 159 Å². The number of allylic oxidation sites excluding steroid dienone is 1. The predicted octanol–water partition coefficient (Wildman–Crippen LogP) is 4.19. The number of hydrogen-bond acceptors (Lipinski definition) is 5. The van der Waals surface area contributed by atoms with E-state index in [4.69, 9.17) is 4.74 Å². The van der Waals surface area contributed by atoms with Crippen LogP contribution < -0.4 is 0 Å². The Morgan fingerprint density at radius 2 is 2.00 bits per heavy atom. The van der Waals surface area contributed by atoms with Crippen LogP contribution in [0.2, 0.25) is 0 Å². The largest absolute Gasteiger partial charge is 0.462 e. The molecule has 4 nitrogen and oxygen atoms in total. The molecule has 1 aromatic rings. The number of benzene rings is 1. The van der Waals surface area contributed by atoms with E-state index in [2.05, 4.69) is 11.8 Å². The molecular formula is C21H25NO3S. The second kappa shape index (κ2) is 8.58. The molecular weight excluding hydrogens is 346 g/mol. The lowest BCUT2D eigenvalue weighted by Gasteiger charge is -2.25. The Kier molecular flexibility index (Phi) is 6.20. The SMILES string of the molecule is CCCCCOC(=O)C1=C2C=C(SC)C(C(=O)c3ccccc3)N2CC1. The van der Waals surface area contributed by atoms with Crippen molar-refractivity contribution in [2.75, 3.05) is 19.4 Å². The summed E-state index contributed by atoms with van der Waals surface area (Å²) in [4.78, 5) is 28.6. The Morgan fingerprint density at radius 3 is 2.69 bits per heavy atom. The molecule has 0 fully saturated rings. The highest BCUT2D eigenvalue weighted by molar-refractivity contribution is 8.02. The van der Waals surface area contributed by atoms with Gasteiger partial charge in [-0.2, -0.15) is 0 Å². The van der Waals surface area contributed by atoms with Crippen molar-refractivity contribution in [3.8, 4) is 0 Å². The Hall–Kier alpha value is -2.01. The number of unbranched alkanes of at least 4 members (excludes halogenated alkanes) is 2. The molecule has 0 saturated carbocycles. The molecule has 1 atom stereocenters. The number of ether oxygens (including phenoxy) is 1. The van der Waals surface area contributed by atoms with Gasteiger partial charge in [-0.15, -0.1) is 11.8 Å². The molecule has 2 aliphatic rings. The fraction of sp³-hybridized carbons (Fsp3) is 0.429. The normalized spacial score (nSPS) is 18.8. The molecule has 0 bridgehead atoms. The highest BCUT2D eigenvalue weighted by atomic mass is 32.2. The summed E-state index contributed by atoms with van der Waals surface area (Å²) in [5.41, 5.74) is 2.27. The van der Waals surface area contributed by atoms with Gasteiger partial charge in [0, 0.05) is 22.7 Å². The average molecular weight is 372 g/mol. The van der Waals surface area contributed by atoms with E-state index < -0.39 is 0 Å². The van der Waals surface area contributed by atoms with E-state index in [0.29, 0.717) is 30.7 Å². The number of Topliss-reactive ketones (excluding diaryl/α,β-unsaturated/α-hetero) is 1. The number of nitrogens with zero attached hydrogens (tertiary/aromatic N) is 1. The van der Waals surface area contributed by atoms with Gasteiger partial charge in [-0.3, -0.25) is 4.79 Å². The van der Waals surface area contributed by atoms with Gasteiger partial charge < -0.3 is 9.64 Å². The first kappa shape index (κ1) is 18.8. The molecule has 0 saturated heterocycles. The standard InChI is InChI=1S/C21H25NO3S/c1-3-4-8-13-25-21(24)16-11-12-22-17(16)14-18(26-2)19(22)20(23)15-9-6-5-7-10-15/h5-7,9-10,14,19H,3-4,8,11-13H2,1-2H3. The van der Waals surface area contributed by atoms with Crippen molar-refractivity contribution in [3.05, 3.63) is 58.1 Å². The minimum absolute atomic E-state index is 0.0822. The molecule has 1 unspecified atom stereocenters. The van der Waals surface area contributed by atoms with Gasteiger partial charge in [0.1, 0.15) is 6.04 Å². The number of rotatable bonds is 8. The maximum Gasteiger partial charge on any atom is 0.336 e. The second-order valence-electron chi connectivity index (χ2n) is 6.53. The van der Waals surface area contributed by atoms with Gasteiger partial charge in [0.15, 0.2) is 5.78 Å². The lowest BCUT2D eigenvalue weighted by Crippen LogP contribution is -2.36. The molecule has 0 amide bonds. The predicted molar refractivity (Wildman–Crippen MR) is 105 cm³/mol. The van der Waals surface area contributed by atoms with Crippen molar-refractivity contribution in [2.24, 2.45) is 0 Å². The third-order valence-electron chi connectivity index (χ3n) is 4.85. The lowest BCUT2D eigenvalue weighted by atomic mass is 10.0. The number of hydrogen-bond donors (Lipinski definition) is 0. The molecule has 1 aromatic carbocycles. The molecule has 0 N–H and O–H groups in total. The van der Waals surface area contributed by atoms with Crippen molar-refractivity contribution in [1.82, 2.24) is 4.90 Å². The van der Waals surface area contributed by atoms with E-state index in [1.54, 1.807) is 11.8 Å². The maximum atomic E-state index is 13.0. The topological polar surface area (TPSA) is 46.6 Å². The summed E-state index contributed by atoms with van der Waals surface area (Å²) in [5.74, 6) is -0.151. The third-order valence-corrected chi connectivity index (χ3v) is 5.66. The number of fused-ring (bicyclic) bond motifs is 1. The van der Waals surface area contributed by atoms with Crippen molar-refractivity contribution in [3.63, 3.8) is 0 Å². The Balaban J connectivity index is 1.79. The zero-order valence-corrected chi connectivity index (χ0v) is 16.2. The van der Waals surface area contributed by atoms with Crippen LogP contribution in [-0.4, -0.2) is 42.1 Å².